The molecule has 8 heteroatoms. The summed E-state index contributed by atoms with van der Waals surface area (Å²) >= 11 is 0. The Morgan fingerprint density at radius 1 is 1.17 bits per heavy atom. The SMILES string of the molecule is C=CCOc1ccc(C(O)=C2C(=O)C(=O)N(CCCN3CCOCC3)[C@@H]2c2ccc(F)cc2)c(C)c1. The number of aliphatic hydroxyl groups is 1. The molecule has 7 nitrogen and oxygen atoms in total. The first-order valence-corrected chi connectivity index (χ1v) is 12.1. The number of Topliss-reactive ketones (excluding diaryl/α,β-unsaturated/α-hetero) is 1. The molecule has 2 aromatic rings. The maximum absolute atomic E-state index is 13.7. The predicted octanol–water partition coefficient (Wildman–Crippen LogP) is 3.84. The van der Waals surface area contributed by atoms with Crippen LogP contribution in [0.25, 0.3) is 5.76 Å². The first-order valence-electron chi connectivity index (χ1n) is 12.1. The minimum Gasteiger partial charge on any atom is -0.507 e. The molecule has 2 fully saturated rings. The Kier molecular flexibility index (Phi) is 8.18. The van der Waals surface area contributed by atoms with E-state index in [1.165, 1.54) is 17.0 Å². The van der Waals surface area contributed by atoms with Gasteiger partial charge in [0, 0.05) is 31.7 Å². The van der Waals surface area contributed by atoms with Gasteiger partial charge in [-0.1, -0.05) is 24.8 Å². The standard InChI is InChI=1S/C28H31FN2O5/c1-3-15-36-22-9-10-23(19(2)18-22)26(32)24-25(20-5-7-21(29)8-6-20)31(28(34)27(24)33)12-4-11-30-13-16-35-17-14-30/h3,5-10,18,25,32H,1,4,11-17H2,2H3/t25-/m1/s1. The molecule has 2 heterocycles. The van der Waals surface area contributed by atoms with E-state index in [-0.39, 0.29) is 11.3 Å². The summed E-state index contributed by atoms with van der Waals surface area (Å²) < 4.78 is 24.6. The van der Waals surface area contributed by atoms with Crippen molar-refractivity contribution in [2.24, 2.45) is 0 Å². The number of likely N-dealkylation sites (tertiary alicyclic amines) is 1. The molecule has 0 bridgehead atoms. The van der Waals surface area contributed by atoms with Gasteiger partial charge in [-0.15, -0.1) is 0 Å². The number of morpholine rings is 1. The summed E-state index contributed by atoms with van der Waals surface area (Å²) in [6, 6.07) is 9.98. The Hall–Kier alpha value is -3.49. The Morgan fingerprint density at radius 2 is 1.89 bits per heavy atom. The highest BCUT2D eigenvalue weighted by molar-refractivity contribution is 6.46. The van der Waals surface area contributed by atoms with E-state index in [1.807, 2.05) is 0 Å². The summed E-state index contributed by atoms with van der Waals surface area (Å²) in [5.41, 5.74) is 1.68. The molecule has 0 spiro atoms. The van der Waals surface area contributed by atoms with Crippen LogP contribution >= 0.6 is 0 Å². The lowest BCUT2D eigenvalue weighted by molar-refractivity contribution is -0.140. The van der Waals surface area contributed by atoms with E-state index in [0.717, 1.165) is 19.6 Å². The maximum atomic E-state index is 13.7. The van der Waals surface area contributed by atoms with Crippen molar-refractivity contribution in [2.45, 2.75) is 19.4 Å². The predicted molar refractivity (Wildman–Crippen MR) is 134 cm³/mol. The van der Waals surface area contributed by atoms with Gasteiger partial charge in [-0.2, -0.15) is 0 Å². The average Bonchev–Trinajstić information content (AvgIpc) is 3.13. The largest absolute Gasteiger partial charge is 0.507 e. The zero-order valence-corrected chi connectivity index (χ0v) is 20.4. The first kappa shape index (κ1) is 25.6. The second-order valence-corrected chi connectivity index (χ2v) is 8.93. The molecule has 2 saturated heterocycles. The molecule has 2 aliphatic rings. The van der Waals surface area contributed by atoms with E-state index in [9.17, 15) is 19.1 Å². The number of aliphatic hydroxyl groups excluding tert-OH is 1. The number of rotatable bonds is 9. The van der Waals surface area contributed by atoms with Gasteiger partial charge in [0.25, 0.3) is 11.7 Å². The highest BCUT2D eigenvalue weighted by Gasteiger charge is 2.46. The monoisotopic (exact) mass is 494 g/mol. The van der Waals surface area contributed by atoms with Gasteiger partial charge in [0.15, 0.2) is 0 Å². The van der Waals surface area contributed by atoms with Gasteiger partial charge in [-0.3, -0.25) is 14.5 Å². The molecule has 2 aromatic carbocycles. The summed E-state index contributed by atoms with van der Waals surface area (Å²) in [4.78, 5) is 30.1. The van der Waals surface area contributed by atoms with Gasteiger partial charge in [-0.05, 0) is 54.8 Å². The molecule has 1 amide bonds. The van der Waals surface area contributed by atoms with Crippen LogP contribution in [0, 0.1) is 12.7 Å². The van der Waals surface area contributed by atoms with E-state index in [1.54, 1.807) is 43.3 Å². The molecule has 2 aliphatic heterocycles. The van der Waals surface area contributed by atoms with Gasteiger partial charge in [-0.25, -0.2) is 4.39 Å². The van der Waals surface area contributed by atoms with Crippen molar-refractivity contribution in [1.82, 2.24) is 9.80 Å². The van der Waals surface area contributed by atoms with Crippen LogP contribution in [-0.2, 0) is 14.3 Å². The van der Waals surface area contributed by atoms with Crippen LogP contribution in [0.4, 0.5) is 4.39 Å². The second-order valence-electron chi connectivity index (χ2n) is 8.93. The highest BCUT2D eigenvalue weighted by Crippen LogP contribution is 2.40. The van der Waals surface area contributed by atoms with Crippen LogP contribution in [0.1, 0.15) is 29.2 Å². The number of nitrogens with zero attached hydrogens (tertiary/aromatic N) is 2. The maximum Gasteiger partial charge on any atom is 0.295 e. The first-order chi connectivity index (χ1) is 17.4. The van der Waals surface area contributed by atoms with E-state index in [0.29, 0.717) is 55.2 Å². The van der Waals surface area contributed by atoms with Crippen molar-refractivity contribution >= 4 is 17.4 Å². The molecule has 0 radical (unpaired) electrons. The number of carbonyl (C=O) groups excluding carboxylic acids is 2. The average molecular weight is 495 g/mol. The van der Waals surface area contributed by atoms with Crippen molar-refractivity contribution in [1.29, 1.82) is 0 Å². The normalized spacial score (nSPS) is 20.1. The fraction of sp³-hybridized carbons (Fsp3) is 0.357. The molecular formula is C28H31FN2O5. The third-order valence-corrected chi connectivity index (χ3v) is 6.52. The lowest BCUT2D eigenvalue weighted by Crippen LogP contribution is -2.38. The van der Waals surface area contributed by atoms with Crippen LogP contribution in [0.15, 0.2) is 60.7 Å². The highest BCUT2D eigenvalue weighted by atomic mass is 19.1. The van der Waals surface area contributed by atoms with E-state index >= 15 is 0 Å². The van der Waals surface area contributed by atoms with E-state index in [4.69, 9.17) is 9.47 Å². The number of amides is 1. The fourth-order valence-corrected chi connectivity index (χ4v) is 4.68. The second kappa shape index (κ2) is 11.5. The number of benzene rings is 2. The Labute approximate surface area is 210 Å². The molecule has 4 rings (SSSR count). The topological polar surface area (TPSA) is 79.3 Å². The van der Waals surface area contributed by atoms with Crippen LogP contribution in [-0.4, -0.2) is 72.6 Å². The number of ether oxygens (including phenoxy) is 2. The molecule has 0 saturated carbocycles. The molecule has 1 atom stereocenters. The lowest BCUT2D eigenvalue weighted by atomic mass is 9.94. The Morgan fingerprint density at radius 3 is 2.56 bits per heavy atom. The third-order valence-electron chi connectivity index (χ3n) is 6.52. The third kappa shape index (κ3) is 5.50. The minimum atomic E-state index is -0.814. The van der Waals surface area contributed by atoms with Gasteiger partial charge in [0.05, 0.1) is 24.8 Å². The summed E-state index contributed by atoms with van der Waals surface area (Å²) in [7, 11) is 0. The van der Waals surface area contributed by atoms with Crippen molar-refractivity contribution in [2.75, 3.05) is 46.0 Å². The van der Waals surface area contributed by atoms with Crippen molar-refractivity contribution < 1.29 is 28.6 Å². The zero-order chi connectivity index (χ0) is 25.7. The number of carbonyl (C=O) groups is 2. The van der Waals surface area contributed by atoms with Gasteiger partial charge in [0.2, 0.25) is 0 Å². The molecule has 36 heavy (non-hydrogen) atoms. The number of hydrogen-bond acceptors (Lipinski definition) is 6. The number of ketones is 1. The van der Waals surface area contributed by atoms with Crippen molar-refractivity contribution in [3.05, 3.63) is 83.2 Å². The smallest absolute Gasteiger partial charge is 0.295 e. The van der Waals surface area contributed by atoms with Crippen LogP contribution < -0.4 is 4.74 Å². The molecule has 1 N–H and O–H groups in total. The minimum absolute atomic E-state index is 0.000778. The summed E-state index contributed by atoms with van der Waals surface area (Å²) in [6.45, 7) is 9.85. The van der Waals surface area contributed by atoms with Crippen molar-refractivity contribution in [3.63, 3.8) is 0 Å². The van der Waals surface area contributed by atoms with Crippen LogP contribution in [0.2, 0.25) is 0 Å². The zero-order valence-electron chi connectivity index (χ0n) is 20.4. The molecular weight excluding hydrogens is 463 g/mol. The Balaban J connectivity index is 1.67. The van der Waals surface area contributed by atoms with Gasteiger partial charge >= 0.3 is 0 Å². The van der Waals surface area contributed by atoms with Crippen LogP contribution in [0.3, 0.4) is 0 Å². The van der Waals surface area contributed by atoms with Gasteiger partial charge < -0.3 is 19.5 Å². The summed E-state index contributed by atoms with van der Waals surface area (Å²) in [6.07, 6.45) is 2.28. The lowest BCUT2D eigenvalue weighted by Gasteiger charge is -2.29. The van der Waals surface area contributed by atoms with Gasteiger partial charge in [0.1, 0.15) is 23.9 Å². The fourth-order valence-electron chi connectivity index (χ4n) is 4.68. The number of aryl methyl sites for hydroxylation is 1. The van der Waals surface area contributed by atoms with E-state index < -0.39 is 23.5 Å². The summed E-state index contributed by atoms with van der Waals surface area (Å²) in [5, 5.41) is 11.3. The van der Waals surface area contributed by atoms with Crippen molar-refractivity contribution in [3.8, 4) is 5.75 Å². The quantitative estimate of drug-likeness (QED) is 0.247. The molecule has 0 unspecified atom stereocenters. The van der Waals surface area contributed by atoms with E-state index in [2.05, 4.69) is 11.5 Å². The Bertz CT molecular complexity index is 1160. The van der Waals surface area contributed by atoms with Crippen LogP contribution in [0.5, 0.6) is 5.75 Å². The molecule has 0 aromatic heterocycles. The summed E-state index contributed by atoms with van der Waals surface area (Å²) in [5.74, 6) is -1.50. The molecule has 190 valence electrons. The molecule has 0 aliphatic carbocycles. The number of halogens is 1. The number of hydrogen-bond donors (Lipinski definition) is 1.